The van der Waals surface area contributed by atoms with Crippen LogP contribution in [-0.2, 0) is 17.8 Å². The van der Waals surface area contributed by atoms with Crippen LogP contribution >= 0.6 is 23.1 Å². The van der Waals surface area contributed by atoms with Gasteiger partial charge in [0.1, 0.15) is 18.5 Å². The molecule has 1 aromatic carbocycles. The van der Waals surface area contributed by atoms with E-state index in [-0.39, 0.29) is 5.25 Å². The van der Waals surface area contributed by atoms with E-state index in [1.54, 1.807) is 23.1 Å². The predicted molar refractivity (Wildman–Crippen MR) is 113 cm³/mol. The van der Waals surface area contributed by atoms with Gasteiger partial charge in [0.25, 0.3) is 0 Å². The van der Waals surface area contributed by atoms with Gasteiger partial charge in [0.15, 0.2) is 11.5 Å². The summed E-state index contributed by atoms with van der Waals surface area (Å²) in [6, 6.07) is 8.35. The van der Waals surface area contributed by atoms with Crippen LogP contribution in [0.3, 0.4) is 0 Å². The molecule has 0 N–H and O–H groups in total. The van der Waals surface area contributed by atoms with E-state index in [0.29, 0.717) is 19.1 Å². The zero-order valence-electron chi connectivity index (χ0n) is 15.8. The molecule has 5 rings (SSSR count). The Bertz CT molecular complexity index is 861. The van der Waals surface area contributed by atoms with Crippen molar-refractivity contribution in [1.29, 1.82) is 0 Å². The Morgan fingerprint density at radius 3 is 2.75 bits per heavy atom. The first-order valence-electron chi connectivity index (χ1n) is 9.85. The second-order valence-corrected chi connectivity index (χ2v) is 9.59. The molecule has 148 valence electrons. The van der Waals surface area contributed by atoms with Crippen LogP contribution < -0.4 is 9.47 Å². The normalized spacial score (nSPS) is 22.0. The molecular weight excluding hydrogens is 392 g/mol. The van der Waals surface area contributed by atoms with E-state index in [9.17, 15) is 4.79 Å². The van der Waals surface area contributed by atoms with Crippen LogP contribution in [0.25, 0.3) is 0 Å². The standard InChI is InChI=1S/C21H24N2O3S2/c24-21(20-16-3-11-27-19(16)4-12-28-20)23-7-5-22(6-8-23)14-15-1-2-17-18(13-15)26-10-9-25-17/h1-3,11,13,20H,4-10,12,14H2. The molecule has 0 spiro atoms. The summed E-state index contributed by atoms with van der Waals surface area (Å²) in [4.78, 5) is 19.0. The van der Waals surface area contributed by atoms with Crippen LogP contribution in [0.15, 0.2) is 29.6 Å². The summed E-state index contributed by atoms with van der Waals surface area (Å²) in [5.74, 6) is 3.03. The molecule has 1 fully saturated rings. The van der Waals surface area contributed by atoms with Crippen LogP contribution in [0, 0.1) is 0 Å². The fraction of sp³-hybridized carbons (Fsp3) is 0.476. The maximum atomic E-state index is 13.1. The van der Waals surface area contributed by atoms with Crippen molar-refractivity contribution >= 4 is 29.0 Å². The number of benzene rings is 1. The molecule has 28 heavy (non-hydrogen) atoms. The fourth-order valence-corrected chi connectivity index (χ4v) is 6.46. The van der Waals surface area contributed by atoms with Crippen LogP contribution in [0.5, 0.6) is 11.5 Å². The molecule has 0 saturated carbocycles. The molecule has 1 unspecified atom stereocenters. The van der Waals surface area contributed by atoms with Gasteiger partial charge in [0, 0.05) is 37.6 Å². The topological polar surface area (TPSA) is 42.0 Å². The number of piperazine rings is 1. The summed E-state index contributed by atoms with van der Waals surface area (Å²) in [5, 5.41) is 2.13. The molecule has 1 amide bonds. The number of rotatable bonds is 3. The fourth-order valence-electron chi connectivity index (χ4n) is 4.09. The summed E-state index contributed by atoms with van der Waals surface area (Å²) < 4.78 is 11.3. The monoisotopic (exact) mass is 416 g/mol. The highest BCUT2D eigenvalue weighted by Crippen LogP contribution is 2.40. The number of nitrogens with zero attached hydrogens (tertiary/aromatic N) is 2. The summed E-state index contributed by atoms with van der Waals surface area (Å²) in [6.45, 7) is 5.55. The summed E-state index contributed by atoms with van der Waals surface area (Å²) in [5.41, 5.74) is 2.49. The molecule has 2 aromatic rings. The quantitative estimate of drug-likeness (QED) is 0.769. The van der Waals surface area contributed by atoms with Gasteiger partial charge in [-0.3, -0.25) is 9.69 Å². The minimum absolute atomic E-state index is 0.000607. The van der Waals surface area contributed by atoms with E-state index in [1.165, 1.54) is 16.0 Å². The lowest BCUT2D eigenvalue weighted by molar-refractivity contribution is -0.132. The Morgan fingerprint density at radius 1 is 1.07 bits per heavy atom. The first-order valence-corrected chi connectivity index (χ1v) is 11.8. The first kappa shape index (κ1) is 18.3. The van der Waals surface area contributed by atoms with Crippen LogP contribution in [0.1, 0.15) is 21.3 Å². The van der Waals surface area contributed by atoms with Gasteiger partial charge < -0.3 is 14.4 Å². The Balaban J connectivity index is 1.19. The van der Waals surface area contributed by atoms with Crippen molar-refractivity contribution in [1.82, 2.24) is 9.80 Å². The smallest absolute Gasteiger partial charge is 0.240 e. The van der Waals surface area contributed by atoms with E-state index in [2.05, 4.69) is 33.4 Å². The summed E-state index contributed by atoms with van der Waals surface area (Å²) in [6.07, 6.45) is 1.10. The van der Waals surface area contributed by atoms with Crippen LogP contribution in [0.4, 0.5) is 0 Å². The minimum Gasteiger partial charge on any atom is -0.486 e. The van der Waals surface area contributed by atoms with Crippen LogP contribution in [0.2, 0.25) is 0 Å². The number of aryl methyl sites for hydroxylation is 1. The Hall–Kier alpha value is -1.70. The van der Waals surface area contributed by atoms with Gasteiger partial charge in [-0.15, -0.1) is 23.1 Å². The highest BCUT2D eigenvalue weighted by atomic mass is 32.2. The third-order valence-corrected chi connectivity index (χ3v) is 7.82. The highest BCUT2D eigenvalue weighted by Gasteiger charge is 2.32. The molecule has 1 aromatic heterocycles. The van der Waals surface area contributed by atoms with Crippen molar-refractivity contribution in [2.75, 3.05) is 45.1 Å². The molecule has 7 heteroatoms. The van der Waals surface area contributed by atoms with E-state index in [1.807, 2.05) is 6.07 Å². The number of thioether (sulfide) groups is 1. The van der Waals surface area contributed by atoms with Gasteiger partial charge in [-0.05, 0) is 46.9 Å². The molecule has 0 bridgehead atoms. The molecule has 0 aliphatic carbocycles. The van der Waals surface area contributed by atoms with Gasteiger partial charge in [-0.1, -0.05) is 6.07 Å². The molecule has 3 aliphatic rings. The van der Waals surface area contributed by atoms with Gasteiger partial charge in [-0.2, -0.15) is 0 Å². The van der Waals surface area contributed by atoms with E-state index in [4.69, 9.17) is 9.47 Å². The summed E-state index contributed by atoms with van der Waals surface area (Å²) in [7, 11) is 0. The van der Waals surface area contributed by atoms with Crippen LogP contribution in [-0.4, -0.2) is 60.9 Å². The van der Waals surface area contributed by atoms with Crippen molar-refractivity contribution in [2.45, 2.75) is 18.2 Å². The molecular formula is C21H24N2O3S2. The lowest BCUT2D eigenvalue weighted by atomic mass is 10.1. The summed E-state index contributed by atoms with van der Waals surface area (Å²) >= 11 is 3.60. The number of ether oxygens (including phenoxy) is 2. The zero-order valence-corrected chi connectivity index (χ0v) is 17.4. The number of hydrogen-bond donors (Lipinski definition) is 0. The van der Waals surface area contributed by atoms with Gasteiger partial charge >= 0.3 is 0 Å². The van der Waals surface area contributed by atoms with Gasteiger partial charge in [-0.25, -0.2) is 0 Å². The van der Waals surface area contributed by atoms with Crippen molar-refractivity contribution in [3.63, 3.8) is 0 Å². The maximum absolute atomic E-state index is 13.1. The SMILES string of the molecule is O=C(C1SCCc2sccc21)N1CCN(Cc2ccc3c(c2)OCCO3)CC1. The number of thiophene rings is 1. The van der Waals surface area contributed by atoms with Crippen molar-refractivity contribution < 1.29 is 14.3 Å². The number of carbonyl (C=O) groups excluding carboxylic acids is 1. The number of fused-ring (bicyclic) bond motifs is 2. The average molecular weight is 417 g/mol. The molecule has 3 aliphatic heterocycles. The lowest BCUT2D eigenvalue weighted by Crippen LogP contribution is -2.49. The van der Waals surface area contributed by atoms with E-state index in [0.717, 1.165) is 56.4 Å². The molecule has 0 radical (unpaired) electrons. The molecule has 4 heterocycles. The van der Waals surface area contributed by atoms with Crippen molar-refractivity contribution in [2.24, 2.45) is 0 Å². The Morgan fingerprint density at radius 2 is 1.89 bits per heavy atom. The second kappa shape index (κ2) is 7.97. The third-order valence-electron chi connectivity index (χ3n) is 5.60. The molecule has 1 saturated heterocycles. The molecule has 5 nitrogen and oxygen atoms in total. The lowest BCUT2D eigenvalue weighted by Gasteiger charge is -2.37. The maximum Gasteiger partial charge on any atom is 0.240 e. The predicted octanol–water partition coefficient (Wildman–Crippen LogP) is 3.19. The number of amides is 1. The highest BCUT2D eigenvalue weighted by molar-refractivity contribution is 8.00. The average Bonchev–Trinajstić information content (AvgIpc) is 3.23. The Kier molecular flexibility index (Phi) is 5.22. The Labute approximate surface area is 173 Å². The first-order chi connectivity index (χ1) is 13.8. The second-order valence-electron chi connectivity index (χ2n) is 7.38. The third kappa shape index (κ3) is 3.63. The zero-order chi connectivity index (χ0) is 18.9. The van der Waals surface area contributed by atoms with E-state index < -0.39 is 0 Å². The minimum atomic E-state index is -0.000607. The van der Waals surface area contributed by atoms with Crippen molar-refractivity contribution in [3.05, 3.63) is 45.6 Å². The largest absolute Gasteiger partial charge is 0.486 e. The van der Waals surface area contributed by atoms with Gasteiger partial charge in [0.05, 0.1) is 0 Å². The molecule has 1 atom stereocenters. The number of carbonyl (C=O) groups is 1. The number of hydrogen-bond acceptors (Lipinski definition) is 6. The van der Waals surface area contributed by atoms with Gasteiger partial charge in [0.2, 0.25) is 5.91 Å². The van der Waals surface area contributed by atoms with E-state index >= 15 is 0 Å². The van der Waals surface area contributed by atoms with Crippen molar-refractivity contribution in [3.8, 4) is 11.5 Å².